The quantitative estimate of drug-likeness (QED) is 0.798. The van der Waals surface area contributed by atoms with Crippen LogP contribution in [-0.2, 0) is 16.8 Å². The molecule has 3 rings (SSSR count). The van der Waals surface area contributed by atoms with Gasteiger partial charge in [-0.05, 0) is 12.5 Å². The highest BCUT2D eigenvalue weighted by molar-refractivity contribution is 5.39. The van der Waals surface area contributed by atoms with Gasteiger partial charge in [-0.1, -0.05) is 30.3 Å². The van der Waals surface area contributed by atoms with Gasteiger partial charge < -0.3 is 9.72 Å². The number of H-pyrrole nitrogens is 2. The molecule has 0 bridgehead atoms. The van der Waals surface area contributed by atoms with Crippen LogP contribution in [0, 0.1) is 0 Å². The molecule has 2 N–H and O–H groups in total. The average molecular weight is 258 g/mol. The smallest absolute Gasteiger partial charge is 0.325 e. The van der Waals surface area contributed by atoms with Gasteiger partial charge in [0, 0.05) is 5.69 Å². The summed E-state index contributed by atoms with van der Waals surface area (Å²) >= 11 is 0. The molecular weight excluding hydrogens is 244 g/mol. The normalized spacial score (nSPS) is 21.9. The maximum absolute atomic E-state index is 11.8. The van der Waals surface area contributed by atoms with Gasteiger partial charge in [0.05, 0.1) is 24.2 Å². The lowest BCUT2D eigenvalue weighted by molar-refractivity contribution is 0.0674. The van der Waals surface area contributed by atoms with E-state index in [4.69, 9.17) is 4.74 Å². The third-order valence-electron chi connectivity index (χ3n) is 3.64. The van der Waals surface area contributed by atoms with Gasteiger partial charge >= 0.3 is 5.69 Å². The summed E-state index contributed by atoms with van der Waals surface area (Å²) < 4.78 is 5.54. The first-order chi connectivity index (χ1) is 9.11. The Morgan fingerprint density at radius 2 is 1.89 bits per heavy atom. The molecule has 1 aromatic carbocycles. The second-order valence-electron chi connectivity index (χ2n) is 4.95. The minimum absolute atomic E-state index is 0.226. The number of aromatic nitrogens is 2. The predicted molar refractivity (Wildman–Crippen MR) is 70.2 cm³/mol. The van der Waals surface area contributed by atoms with Gasteiger partial charge in [-0.2, -0.15) is 0 Å². The molecule has 0 radical (unpaired) electrons. The maximum Gasteiger partial charge on any atom is 0.325 e. The van der Waals surface area contributed by atoms with E-state index >= 15 is 0 Å². The molecule has 0 saturated heterocycles. The lowest BCUT2D eigenvalue weighted by atomic mass is 9.77. The van der Waals surface area contributed by atoms with Crippen LogP contribution in [0.3, 0.4) is 0 Å². The molecular formula is C14H14N2O3. The lowest BCUT2D eigenvalue weighted by Gasteiger charge is -2.34. The molecule has 0 spiro atoms. The summed E-state index contributed by atoms with van der Waals surface area (Å²) in [6, 6.07) is 9.73. The number of nitrogens with one attached hydrogen (secondary N) is 2. The molecule has 1 aliphatic rings. The van der Waals surface area contributed by atoms with E-state index in [2.05, 4.69) is 9.97 Å². The fourth-order valence-corrected chi connectivity index (χ4v) is 2.58. The van der Waals surface area contributed by atoms with Crippen LogP contribution in [0.1, 0.15) is 23.7 Å². The SMILES string of the molecule is CC1(c2ccccc2)COCc2c1[nH]c(=O)[nH]c2=O. The number of aromatic amines is 2. The van der Waals surface area contributed by atoms with Gasteiger partial charge in [0.2, 0.25) is 0 Å². The Hall–Kier alpha value is -2.14. The van der Waals surface area contributed by atoms with Gasteiger partial charge in [-0.3, -0.25) is 9.78 Å². The Bertz CT molecular complexity index is 717. The van der Waals surface area contributed by atoms with Crippen molar-refractivity contribution in [2.75, 3.05) is 6.61 Å². The minimum Gasteiger partial charge on any atom is -0.375 e. The van der Waals surface area contributed by atoms with Crippen molar-refractivity contribution in [1.29, 1.82) is 0 Å². The number of ether oxygens (including phenoxy) is 1. The van der Waals surface area contributed by atoms with Gasteiger partial charge in [-0.15, -0.1) is 0 Å². The molecule has 0 saturated carbocycles. The number of fused-ring (bicyclic) bond motifs is 1. The largest absolute Gasteiger partial charge is 0.375 e. The molecule has 1 aromatic heterocycles. The molecule has 1 unspecified atom stereocenters. The molecule has 1 aliphatic heterocycles. The molecule has 98 valence electrons. The van der Waals surface area contributed by atoms with Crippen molar-refractivity contribution in [3.05, 3.63) is 68.0 Å². The number of hydrogen-bond acceptors (Lipinski definition) is 3. The number of hydrogen-bond donors (Lipinski definition) is 2. The highest BCUT2D eigenvalue weighted by Crippen LogP contribution is 2.34. The maximum atomic E-state index is 11.8. The molecule has 0 fully saturated rings. The summed E-state index contributed by atoms with van der Waals surface area (Å²) in [5.74, 6) is 0. The third-order valence-corrected chi connectivity index (χ3v) is 3.64. The molecule has 1 atom stereocenters. The second kappa shape index (κ2) is 4.20. The van der Waals surface area contributed by atoms with Crippen LogP contribution in [0.2, 0.25) is 0 Å². The zero-order valence-electron chi connectivity index (χ0n) is 10.5. The highest BCUT2D eigenvalue weighted by Gasteiger charge is 2.37. The summed E-state index contributed by atoms with van der Waals surface area (Å²) in [6.45, 7) is 2.63. The Labute approximate surface area is 109 Å². The Balaban J connectivity index is 2.28. The Kier molecular flexibility index (Phi) is 2.64. The van der Waals surface area contributed by atoms with Crippen molar-refractivity contribution >= 4 is 0 Å². The lowest BCUT2D eigenvalue weighted by Crippen LogP contribution is -2.42. The van der Waals surface area contributed by atoms with Gasteiger partial charge in [-0.25, -0.2) is 4.79 Å². The molecule has 2 aromatic rings. The molecule has 0 amide bonds. The molecule has 5 heteroatoms. The predicted octanol–water partition coefficient (Wildman–Crippen LogP) is 0.899. The van der Waals surface area contributed by atoms with E-state index in [1.54, 1.807) is 0 Å². The first kappa shape index (κ1) is 11.9. The standard InChI is InChI=1S/C14H14N2O3/c1-14(9-5-3-2-4-6-9)8-19-7-10-11(14)15-13(18)16-12(10)17/h2-6H,7-8H2,1H3,(H2,15,16,17,18). The van der Waals surface area contributed by atoms with Crippen LogP contribution in [-0.4, -0.2) is 16.6 Å². The summed E-state index contributed by atoms with van der Waals surface area (Å²) in [4.78, 5) is 28.4. The zero-order valence-corrected chi connectivity index (χ0v) is 10.5. The fraction of sp³-hybridized carbons (Fsp3) is 0.286. The fourth-order valence-electron chi connectivity index (χ4n) is 2.58. The first-order valence-corrected chi connectivity index (χ1v) is 6.10. The van der Waals surface area contributed by atoms with Gasteiger partial charge in [0.15, 0.2) is 0 Å². The summed E-state index contributed by atoms with van der Waals surface area (Å²) in [5, 5.41) is 0. The van der Waals surface area contributed by atoms with Crippen LogP contribution >= 0.6 is 0 Å². The van der Waals surface area contributed by atoms with Crippen molar-refractivity contribution < 1.29 is 4.74 Å². The molecule has 19 heavy (non-hydrogen) atoms. The summed E-state index contributed by atoms with van der Waals surface area (Å²) in [7, 11) is 0. The van der Waals surface area contributed by atoms with Gasteiger partial charge in [0.25, 0.3) is 5.56 Å². The minimum atomic E-state index is -0.512. The number of benzene rings is 1. The topological polar surface area (TPSA) is 75.0 Å². The van der Waals surface area contributed by atoms with Gasteiger partial charge in [0.1, 0.15) is 0 Å². The highest BCUT2D eigenvalue weighted by atomic mass is 16.5. The monoisotopic (exact) mass is 258 g/mol. The van der Waals surface area contributed by atoms with Crippen LogP contribution in [0.4, 0.5) is 0 Å². The van der Waals surface area contributed by atoms with E-state index in [1.807, 2.05) is 37.3 Å². The Morgan fingerprint density at radius 3 is 2.63 bits per heavy atom. The zero-order chi connectivity index (χ0) is 13.5. The van der Waals surface area contributed by atoms with E-state index in [0.29, 0.717) is 17.9 Å². The van der Waals surface area contributed by atoms with Crippen LogP contribution in [0.15, 0.2) is 39.9 Å². The summed E-state index contributed by atoms with van der Waals surface area (Å²) in [5.41, 5.74) is 0.795. The summed E-state index contributed by atoms with van der Waals surface area (Å²) in [6.07, 6.45) is 0. The van der Waals surface area contributed by atoms with Crippen LogP contribution < -0.4 is 11.2 Å². The van der Waals surface area contributed by atoms with E-state index in [0.717, 1.165) is 5.56 Å². The molecule has 0 aliphatic carbocycles. The third kappa shape index (κ3) is 1.82. The van der Waals surface area contributed by atoms with E-state index in [-0.39, 0.29) is 12.2 Å². The van der Waals surface area contributed by atoms with E-state index in [1.165, 1.54) is 0 Å². The van der Waals surface area contributed by atoms with Crippen LogP contribution in [0.5, 0.6) is 0 Å². The van der Waals surface area contributed by atoms with Crippen molar-refractivity contribution in [3.8, 4) is 0 Å². The average Bonchev–Trinajstić information content (AvgIpc) is 2.41. The Morgan fingerprint density at radius 1 is 1.16 bits per heavy atom. The van der Waals surface area contributed by atoms with Crippen molar-refractivity contribution in [1.82, 2.24) is 9.97 Å². The second-order valence-corrected chi connectivity index (χ2v) is 4.95. The van der Waals surface area contributed by atoms with Crippen molar-refractivity contribution in [3.63, 3.8) is 0 Å². The van der Waals surface area contributed by atoms with Crippen molar-refractivity contribution in [2.24, 2.45) is 0 Å². The van der Waals surface area contributed by atoms with Crippen LogP contribution in [0.25, 0.3) is 0 Å². The number of rotatable bonds is 1. The first-order valence-electron chi connectivity index (χ1n) is 6.10. The van der Waals surface area contributed by atoms with Crippen molar-refractivity contribution in [2.45, 2.75) is 18.9 Å². The molecule has 2 heterocycles. The van der Waals surface area contributed by atoms with E-state index in [9.17, 15) is 9.59 Å². The molecule has 5 nitrogen and oxygen atoms in total. The van der Waals surface area contributed by atoms with E-state index < -0.39 is 11.1 Å².